The Bertz CT molecular complexity index is 425. The third-order valence-electron chi connectivity index (χ3n) is 2.98. The molecule has 0 aliphatic carbocycles. The van der Waals surface area contributed by atoms with Gasteiger partial charge in [-0.2, -0.15) is 5.26 Å². The molecule has 1 N–H and O–H groups in total. The smallest absolute Gasteiger partial charge is 0.369 e. The summed E-state index contributed by atoms with van der Waals surface area (Å²) >= 11 is 9.31. The summed E-state index contributed by atoms with van der Waals surface area (Å²) in [6.07, 6.45) is 1.46. The number of hydrogen-bond donors (Lipinski definition) is 1. The first-order valence-electron chi connectivity index (χ1n) is 5.71. The Morgan fingerprint density at radius 2 is 1.63 bits per heavy atom. The first kappa shape index (κ1) is 17.0. The molecule has 19 heavy (non-hydrogen) atoms. The Morgan fingerprint density at radius 1 is 1.16 bits per heavy atom. The zero-order valence-corrected chi connectivity index (χ0v) is 14.9. The van der Waals surface area contributed by atoms with Crippen LogP contribution in [-0.2, 0) is 10.2 Å². The Balaban J connectivity index is 0.000000399. The molecular formula is C12H13BBr3NO2. The molecule has 1 aromatic carbocycles. The monoisotopic (exact) mass is 451 g/mol. The molecule has 1 aliphatic heterocycles. The summed E-state index contributed by atoms with van der Waals surface area (Å²) in [7, 11) is 0. The van der Waals surface area contributed by atoms with E-state index in [1.165, 1.54) is 0 Å². The van der Waals surface area contributed by atoms with Gasteiger partial charge >= 0.3 is 3.18 Å². The molecule has 0 amide bonds. The number of benzene rings is 1. The van der Waals surface area contributed by atoms with Gasteiger partial charge in [-0.15, -0.1) is 47.3 Å². The molecule has 7 heteroatoms. The number of rotatable bonds is 1. The summed E-state index contributed by atoms with van der Waals surface area (Å²) in [6.45, 7) is 1.27. The molecule has 1 fully saturated rings. The van der Waals surface area contributed by atoms with E-state index in [0.29, 0.717) is 13.2 Å². The van der Waals surface area contributed by atoms with Gasteiger partial charge in [0.2, 0.25) is 0 Å². The second-order valence-electron chi connectivity index (χ2n) is 4.10. The number of nitriles is 1. The van der Waals surface area contributed by atoms with Gasteiger partial charge in [0.15, 0.2) is 0 Å². The molecule has 102 valence electrons. The fourth-order valence-electron chi connectivity index (χ4n) is 1.97. The van der Waals surface area contributed by atoms with Crippen molar-refractivity contribution in [2.24, 2.45) is 0 Å². The van der Waals surface area contributed by atoms with Crippen LogP contribution in [0.4, 0.5) is 0 Å². The van der Waals surface area contributed by atoms with E-state index in [1.807, 2.05) is 12.1 Å². The number of ether oxygens (including phenoxy) is 1. The second kappa shape index (κ2) is 8.30. The number of nitrogens with zero attached hydrogens (tertiary/aromatic N) is 1. The van der Waals surface area contributed by atoms with Crippen LogP contribution in [-0.4, -0.2) is 21.5 Å². The van der Waals surface area contributed by atoms with Gasteiger partial charge in [0.05, 0.1) is 11.5 Å². The molecule has 1 saturated heterocycles. The van der Waals surface area contributed by atoms with Crippen LogP contribution in [0.15, 0.2) is 24.3 Å². The van der Waals surface area contributed by atoms with Crippen molar-refractivity contribution in [3.63, 3.8) is 0 Å². The average Bonchev–Trinajstić information content (AvgIpc) is 2.39. The van der Waals surface area contributed by atoms with E-state index in [0.717, 1.165) is 18.4 Å². The van der Waals surface area contributed by atoms with Crippen LogP contribution in [0, 0.1) is 11.3 Å². The van der Waals surface area contributed by atoms with E-state index < -0.39 is 5.41 Å². The lowest BCUT2D eigenvalue weighted by atomic mass is 9.75. The molecular weight excluding hydrogens is 441 g/mol. The van der Waals surface area contributed by atoms with E-state index >= 15 is 0 Å². The lowest BCUT2D eigenvalue weighted by Crippen LogP contribution is -2.32. The van der Waals surface area contributed by atoms with E-state index in [9.17, 15) is 10.4 Å². The lowest BCUT2D eigenvalue weighted by molar-refractivity contribution is 0.0675. The van der Waals surface area contributed by atoms with Crippen LogP contribution >= 0.6 is 47.3 Å². The maximum atomic E-state index is 9.30. The summed E-state index contributed by atoms with van der Waals surface area (Å²) < 4.78 is 5.54. The highest BCUT2D eigenvalue weighted by Crippen LogP contribution is 2.34. The van der Waals surface area contributed by atoms with Crippen molar-refractivity contribution in [1.82, 2.24) is 0 Å². The summed E-state index contributed by atoms with van der Waals surface area (Å²) in [4.78, 5) is 0. The van der Waals surface area contributed by atoms with E-state index in [2.05, 4.69) is 53.3 Å². The highest BCUT2D eigenvalue weighted by molar-refractivity contribution is 9.69. The molecule has 1 heterocycles. The molecule has 0 bridgehead atoms. The Labute approximate surface area is 138 Å². The van der Waals surface area contributed by atoms with Crippen molar-refractivity contribution in [3.05, 3.63) is 29.8 Å². The highest BCUT2D eigenvalue weighted by Gasteiger charge is 2.34. The third-order valence-corrected chi connectivity index (χ3v) is 2.98. The molecule has 2 rings (SSSR count). The second-order valence-corrected chi connectivity index (χ2v) is 10.5. The van der Waals surface area contributed by atoms with Crippen molar-refractivity contribution in [1.29, 1.82) is 5.26 Å². The van der Waals surface area contributed by atoms with E-state index in [1.54, 1.807) is 12.1 Å². The number of hydrogen-bond acceptors (Lipinski definition) is 3. The summed E-state index contributed by atoms with van der Waals surface area (Å²) in [5.74, 6) is 0.235. The largest absolute Gasteiger partial charge is 0.508 e. The fourth-order valence-corrected chi connectivity index (χ4v) is 1.97. The average molecular weight is 454 g/mol. The maximum Gasteiger partial charge on any atom is 0.369 e. The molecule has 0 saturated carbocycles. The summed E-state index contributed by atoms with van der Waals surface area (Å²) in [6, 6.07) is 9.30. The van der Waals surface area contributed by atoms with Gasteiger partial charge in [0.25, 0.3) is 0 Å². The maximum absolute atomic E-state index is 9.30. The SMILES string of the molecule is BrB(Br)Br.N#CC1(c2ccc(O)cc2)CCOCC1. The van der Waals surface area contributed by atoms with Gasteiger partial charge in [0.1, 0.15) is 5.75 Å². The zero-order valence-electron chi connectivity index (χ0n) is 10.2. The predicted molar refractivity (Wildman–Crippen MR) is 88.0 cm³/mol. The van der Waals surface area contributed by atoms with Crippen molar-refractivity contribution in [3.8, 4) is 11.8 Å². The van der Waals surface area contributed by atoms with Crippen LogP contribution in [0.1, 0.15) is 18.4 Å². The molecule has 0 unspecified atom stereocenters. The van der Waals surface area contributed by atoms with Gasteiger partial charge in [-0.3, -0.25) is 0 Å². The minimum absolute atomic E-state index is 0.235. The predicted octanol–water partition coefficient (Wildman–Crippen LogP) is 4.12. The van der Waals surface area contributed by atoms with Crippen molar-refractivity contribution in [2.75, 3.05) is 13.2 Å². The molecule has 3 nitrogen and oxygen atoms in total. The quantitative estimate of drug-likeness (QED) is 0.651. The van der Waals surface area contributed by atoms with Crippen LogP contribution in [0.5, 0.6) is 5.75 Å². The molecule has 0 atom stereocenters. The van der Waals surface area contributed by atoms with Crippen molar-refractivity contribution >= 4 is 50.5 Å². The van der Waals surface area contributed by atoms with Crippen molar-refractivity contribution in [2.45, 2.75) is 18.3 Å². The van der Waals surface area contributed by atoms with Crippen molar-refractivity contribution < 1.29 is 9.84 Å². The summed E-state index contributed by atoms with van der Waals surface area (Å²) in [5, 5.41) is 18.5. The molecule has 0 radical (unpaired) electrons. The van der Waals surface area contributed by atoms with Crippen LogP contribution in [0.25, 0.3) is 0 Å². The van der Waals surface area contributed by atoms with Gasteiger partial charge in [-0.25, -0.2) is 0 Å². The minimum atomic E-state index is -0.425. The van der Waals surface area contributed by atoms with E-state index in [4.69, 9.17) is 4.74 Å². The first-order valence-corrected chi connectivity index (χ1v) is 8.45. The normalized spacial score (nSPS) is 16.7. The van der Waals surface area contributed by atoms with E-state index in [-0.39, 0.29) is 8.93 Å². The van der Waals surface area contributed by atoms with Gasteiger partial charge < -0.3 is 9.84 Å². The van der Waals surface area contributed by atoms with Crippen LogP contribution < -0.4 is 0 Å². The standard InChI is InChI=1S/C12H13NO2.BBr3/c13-9-12(5-7-15-8-6-12)10-1-3-11(14)4-2-10;2-1(3)4/h1-4,14H,5-8H2;. The van der Waals surface area contributed by atoms with Crippen LogP contribution in [0.2, 0.25) is 0 Å². The summed E-state index contributed by atoms with van der Waals surface area (Å²) in [5.41, 5.74) is 0.553. The number of phenols is 1. The first-order chi connectivity index (χ1) is 9.00. The number of halogens is 3. The van der Waals surface area contributed by atoms with Crippen LogP contribution in [0.3, 0.4) is 0 Å². The molecule has 1 aliphatic rings. The van der Waals surface area contributed by atoms with Gasteiger partial charge in [-0.1, -0.05) is 12.1 Å². The molecule has 0 spiro atoms. The lowest BCUT2D eigenvalue weighted by Gasteiger charge is -2.31. The Morgan fingerprint density at radius 3 is 2.05 bits per heavy atom. The Kier molecular flexibility index (Phi) is 7.44. The fraction of sp³-hybridized carbons (Fsp3) is 0.417. The minimum Gasteiger partial charge on any atom is -0.508 e. The highest BCUT2D eigenvalue weighted by atomic mass is 79.9. The Hall–Kier alpha value is -0.0251. The topological polar surface area (TPSA) is 53.2 Å². The molecule has 1 aromatic rings. The number of aromatic hydroxyl groups is 1. The number of phenolic OH excluding ortho intramolecular Hbond substituents is 1. The van der Waals surface area contributed by atoms with Gasteiger partial charge in [-0.05, 0) is 30.5 Å². The zero-order chi connectivity index (χ0) is 14.3. The third kappa shape index (κ3) is 5.46. The van der Waals surface area contributed by atoms with Gasteiger partial charge in [0, 0.05) is 13.2 Å². The molecule has 0 aromatic heterocycles.